The lowest BCUT2D eigenvalue weighted by Gasteiger charge is -2.46. The van der Waals surface area contributed by atoms with E-state index in [0.29, 0.717) is 5.56 Å². The molecule has 0 bridgehead atoms. The van der Waals surface area contributed by atoms with Gasteiger partial charge in [-0.1, -0.05) is 0 Å². The summed E-state index contributed by atoms with van der Waals surface area (Å²) < 4.78 is 0. The molecule has 1 saturated heterocycles. The summed E-state index contributed by atoms with van der Waals surface area (Å²) in [6.45, 7) is 6.71. The van der Waals surface area contributed by atoms with Gasteiger partial charge in [-0.15, -0.1) is 0 Å². The highest BCUT2D eigenvalue weighted by Gasteiger charge is 2.31. The van der Waals surface area contributed by atoms with Crippen LogP contribution in [0.5, 0.6) is 0 Å². The van der Waals surface area contributed by atoms with Crippen molar-refractivity contribution >= 4 is 11.4 Å². The molecule has 1 aliphatic rings. The Balaban J connectivity index is 2.28. The molecule has 1 fully saturated rings. The molecule has 2 rings (SSSR count). The number of likely N-dealkylation sites (N-methyl/N-ethyl adjacent to an activating group) is 1. The summed E-state index contributed by atoms with van der Waals surface area (Å²) in [6.07, 6.45) is 0. The third kappa shape index (κ3) is 2.76. The molecule has 1 N–H and O–H groups in total. The smallest absolute Gasteiger partial charge is 0.275 e. The molecule has 0 spiro atoms. The van der Waals surface area contributed by atoms with Gasteiger partial charge in [-0.25, -0.2) is 0 Å². The third-order valence-corrected chi connectivity index (χ3v) is 4.11. The Morgan fingerprint density at radius 3 is 2.65 bits per heavy atom. The average molecular weight is 279 g/mol. The average Bonchev–Trinajstić information content (AvgIpc) is 2.40. The van der Waals surface area contributed by atoms with E-state index in [4.69, 9.17) is 0 Å². The van der Waals surface area contributed by atoms with Crippen LogP contribution in [-0.2, 0) is 6.61 Å². The highest BCUT2D eigenvalue weighted by molar-refractivity contribution is 5.56. The zero-order valence-electron chi connectivity index (χ0n) is 12.2. The van der Waals surface area contributed by atoms with Crippen LogP contribution in [0.15, 0.2) is 18.2 Å². The second-order valence-corrected chi connectivity index (χ2v) is 5.88. The van der Waals surface area contributed by atoms with Gasteiger partial charge in [-0.2, -0.15) is 0 Å². The molecule has 1 aliphatic heterocycles. The highest BCUT2D eigenvalue weighted by Crippen LogP contribution is 2.28. The zero-order valence-corrected chi connectivity index (χ0v) is 12.2. The molecular weight excluding hydrogens is 258 g/mol. The lowest BCUT2D eigenvalue weighted by Crippen LogP contribution is -2.57. The Bertz CT molecular complexity index is 516. The molecule has 1 aromatic rings. The maximum absolute atomic E-state index is 10.9. The van der Waals surface area contributed by atoms with E-state index in [1.54, 1.807) is 12.1 Å². The van der Waals surface area contributed by atoms with E-state index >= 15 is 0 Å². The molecule has 6 heteroatoms. The quantitative estimate of drug-likeness (QED) is 0.672. The number of benzene rings is 1. The molecule has 0 saturated carbocycles. The monoisotopic (exact) mass is 279 g/mol. The largest absolute Gasteiger partial charge is 0.391 e. The lowest BCUT2D eigenvalue weighted by molar-refractivity contribution is -0.385. The first kappa shape index (κ1) is 14.7. The van der Waals surface area contributed by atoms with Crippen LogP contribution < -0.4 is 4.90 Å². The predicted molar refractivity (Wildman–Crippen MR) is 77.9 cm³/mol. The zero-order chi connectivity index (χ0) is 14.9. The summed E-state index contributed by atoms with van der Waals surface area (Å²) in [4.78, 5) is 15.0. The van der Waals surface area contributed by atoms with E-state index in [1.807, 2.05) is 0 Å². The number of nitro groups is 1. The van der Waals surface area contributed by atoms with Gasteiger partial charge in [0.2, 0.25) is 0 Å². The van der Waals surface area contributed by atoms with Crippen molar-refractivity contribution in [1.29, 1.82) is 0 Å². The number of nitro benzene ring substituents is 1. The topological polar surface area (TPSA) is 69.9 Å². The van der Waals surface area contributed by atoms with Gasteiger partial charge in [0.25, 0.3) is 5.69 Å². The molecule has 1 heterocycles. The fourth-order valence-electron chi connectivity index (χ4n) is 2.53. The number of aliphatic hydroxyl groups is 1. The van der Waals surface area contributed by atoms with Gasteiger partial charge in [-0.05, 0) is 33.0 Å². The number of rotatable bonds is 3. The van der Waals surface area contributed by atoms with Gasteiger partial charge >= 0.3 is 0 Å². The highest BCUT2D eigenvalue weighted by atomic mass is 16.6. The predicted octanol–water partition coefficient (Wildman–Crippen LogP) is 1.62. The minimum Gasteiger partial charge on any atom is -0.391 e. The van der Waals surface area contributed by atoms with Crippen LogP contribution in [0.4, 0.5) is 11.4 Å². The Hall–Kier alpha value is -1.66. The van der Waals surface area contributed by atoms with Crippen LogP contribution in [0.1, 0.15) is 19.4 Å². The van der Waals surface area contributed by atoms with Crippen molar-refractivity contribution in [3.63, 3.8) is 0 Å². The Kier molecular flexibility index (Phi) is 3.96. The number of piperazine rings is 1. The van der Waals surface area contributed by atoms with Crippen LogP contribution in [0.2, 0.25) is 0 Å². The van der Waals surface area contributed by atoms with Crippen molar-refractivity contribution in [2.45, 2.75) is 26.0 Å². The number of nitrogens with zero attached hydrogens (tertiary/aromatic N) is 3. The van der Waals surface area contributed by atoms with Gasteiger partial charge in [-0.3, -0.25) is 15.0 Å². The van der Waals surface area contributed by atoms with Crippen LogP contribution in [0.3, 0.4) is 0 Å². The van der Waals surface area contributed by atoms with Crippen LogP contribution >= 0.6 is 0 Å². The maximum atomic E-state index is 10.9. The molecule has 0 amide bonds. The van der Waals surface area contributed by atoms with Gasteiger partial charge in [0.1, 0.15) is 0 Å². The van der Waals surface area contributed by atoms with E-state index in [-0.39, 0.29) is 17.8 Å². The summed E-state index contributed by atoms with van der Waals surface area (Å²) in [7, 11) is 2.10. The van der Waals surface area contributed by atoms with Crippen LogP contribution in [-0.4, -0.2) is 47.2 Å². The third-order valence-electron chi connectivity index (χ3n) is 4.11. The molecule has 0 aliphatic carbocycles. The SMILES string of the molecule is CN1CCN(c2ccc([N+](=O)[O-])c(CO)c2)CC1(C)C. The summed E-state index contributed by atoms with van der Waals surface area (Å²) in [5, 5.41) is 20.2. The lowest BCUT2D eigenvalue weighted by atomic mass is 9.99. The number of aliphatic hydroxyl groups excluding tert-OH is 1. The van der Waals surface area contributed by atoms with Crippen LogP contribution in [0, 0.1) is 10.1 Å². The Morgan fingerprint density at radius 2 is 2.10 bits per heavy atom. The fraction of sp³-hybridized carbons (Fsp3) is 0.571. The van der Waals surface area contributed by atoms with E-state index < -0.39 is 4.92 Å². The molecule has 110 valence electrons. The van der Waals surface area contributed by atoms with Gasteiger partial charge < -0.3 is 10.0 Å². The van der Waals surface area contributed by atoms with Crippen molar-refractivity contribution in [3.8, 4) is 0 Å². The van der Waals surface area contributed by atoms with Gasteiger partial charge in [0.15, 0.2) is 0 Å². The summed E-state index contributed by atoms with van der Waals surface area (Å²) >= 11 is 0. The summed E-state index contributed by atoms with van der Waals surface area (Å²) in [5.74, 6) is 0. The van der Waals surface area contributed by atoms with E-state index in [9.17, 15) is 15.2 Å². The first-order valence-corrected chi connectivity index (χ1v) is 6.69. The fourth-order valence-corrected chi connectivity index (χ4v) is 2.53. The van der Waals surface area contributed by atoms with Crippen molar-refractivity contribution < 1.29 is 10.0 Å². The standard InChI is InChI=1S/C14H21N3O3/c1-14(2)10-16(7-6-15(14)3)12-4-5-13(17(19)20)11(8-12)9-18/h4-5,8,18H,6-7,9-10H2,1-3H3. The molecule has 6 nitrogen and oxygen atoms in total. The first-order chi connectivity index (χ1) is 9.35. The van der Waals surface area contributed by atoms with Gasteiger partial charge in [0.05, 0.1) is 17.1 Å². The number of hydrogen-bond acceptors (Lipinski definition) is 5. The number of anilines is 1. The van der Waals surface area contributed by atoms with E-state index in [0.717, 1.165) is 25.3 Å². The molecule has 0 aromatic heterocycles. The minimum atomic E-state index is -0.455. The van der Waals surface area contributed by atoms with Crippen LogP contribution in [0.25, 0.3) is 0 Å². The second-order valence-electron chi connectivity index (χ2n) is 5.88. The van der Waals surface area contributed by atoms with Gasteiger partial charge in [0, 0.05) is 36.9 Å². The molecule has 0 atom stereocenters. The maximum Gasteiger partial charge on any atom is 0.275 e. The van der Waals surface area contributed by atoms with Crippen molar-refractivity contribution in [2.75, 3.05) is 31.6 Å². The normalized spacial score (nSPS) is 19.1. The molecular formula is C14H21N3O3. The summed E-state index contributed by atoms with van der Waals surface area (Å²) in [6, 6.07) is 4.96. The first-order valence-electron chi connectivity index (χ1n) is 6.69. The summed E-state index contributed by atoms with van der Waals surface area (Å²) in [5.41, 5.74) is 1.33. The molecule has 20 heavy (non-hydrogen) atoms. The second kappa shape index (κ2) is 5.38. The van der Waals surface area contributed by atoms with Crippen molar-refractivity contribution in [2.24, 2.45) is 0 Å². The van der Waals surface area contributed by atoms with Crippen molar-refractivity contribution in [1.82, 2.24) is 4.90 Å². The molecule has 1 aromatic carbocycles. The minimum absolute atomic E-state index is 0.0235. The van der Waals surface area contributed by atoms with Crippen molar-refractivity contribution in [3.05, 3.63) is 33.9 Å². The molecule has 0 radical (unpaired) electrons. The Labute approximate surface area is 118 Å². The van der Waals surface area contributed by atoms with E-state index in [2.05, 4.69) is 30.7 Å². The van der Waals surface area contributed by atoms with E-state index in [1.165, 1.54) is 6.07 Å². The number of hydrogen-bond donors (Lipinski definition) is 1. The molecule has 0 unspecified atom stereocenters. The Morgan fingerprint density at radius 1 is 1.40 bits per heavy atom.